The Balaban J connectivity index is 2.12. The molecule has 2 saturated carbocycles. The molecule has 108 valence electrons. The van der Waals surface area contributed by atoms with E-state index in [1.54, 1.807) is 6.08 Å². The number of aliphatic hydroxyl groups is 4. The summed E-state index contributed by atoms with van der Waals surface area (Å²) in [5.41, 5.74) is -2.77. The zero-order chi connectivity index (χ0) is 14.3. The van der Waals surface area contributed by atoms with Crippen LogP contribution < -0.4 is 0 Å². The van der Waals surface area contributed by atoms with Gasteiger partial charge in [-0.05, 0) is 18.3 Å². The topological polar surface area (TPSA) is 80.9 Å². The average Bonchev–Trinajstić information content (AvgIpc) is 2.59. The summed E-state index contributed by atoms with van der Waals surface area (Å²) in [7, 11) is 0. The van der Waals surface area contributed by atoms with Crippen molar-refractivity contribution in [1.82, 2.24) is 0 Å². The van der Waals surface area contributed by atoms with Gasteiger partial charge in [-0.25, -0.2) is 0 Å². The summed E-state index contributed by atoms with van der Waals surface area (Å²) in [6, 6.07) is 0. The van der Waals surface area contributed by atoms with E-state index in [9.17, 15) is 20.4 Å². The van der Waals surface area contributed by atoms with E-state index in [1.807, 2.05) is 26.8 Å². The largest absolute Gasteiger partial charge is 0.395 e. The Morgan fingerprint density at radius 1 is 1.16 bits per heavy atom. The van der Waals surface area contributed by atoms with Crippen LogP contribution in [0.2, 0.25) is 0 Å². The van der Waals surface area contributed by atoms with E-state index < -0.39 is 28.6 Å². The summed E-state index contributed by atoms with van der Waals surface area (Å²) in [6.07, 6.45) is 3.09. The molecule has 19 heavy (non-hydrogen) atoms. The van der Waals surface area contributed by atoms with E-state index in [2.05, 4.69) is 0 Å². The molecule has 0 heterocycles. The third-order valence-corrected chi connectivity index (χ3v) is 6.63. The lowest BCUT2D eigenvalue weighted by molar-refractivity contribution is -0.331. The van der Waals surface area contributed by atoms with Gasteiger partial charge in [0, 0.05) is 16.7 Å². The molecule has 0 saturated heterocycles. The molecule has 6 atom stereocenters. The molecule has 4 nitrogen and oxygen atoms in total. The molecule has 0 amide bonds. The van der Waals surface area contributed by atoms with Crippen LogP contribution in [0.4, 0.5) is 0 Å². The van der Waals surface area contributed by atoms with Crippen molar-refractivity contribution in [3.63, 3.8) is 0 Å². The molecule has 0 aromatic heterocycles. The van der Waals surface area contributed by atoms with Crippen LogP contribution in [0.1, 0.15) is 33.6 Å². The monoisotopic (exact) mass is 268 g/mol. The lowest BCUT2D eigenvalue weighted by Crippen LogP contribution is -2.78. The molecular formula is C15H24O4. The van der Waals surface area contributed by atoms with Crippen molar-refractivity contribution in [2.75, 3.05) is 6.61 Å². The number of aliphatic hydroxyl groups excluding tert-OH is 3. The molecule has 3 aliphatic rings. The summed E-state index contributed by atoms with van der Waals surface area (Å²) in [6.45, 7) is 5.71. The number of rotatable bonds is 1. The molecule has 3 rings (SSSR count). The van der Waals surface area contributed by atoms with E-state index in [0.29, 0.717) is 6.42 Å². The fourth-order valence-corrected chi connectivity index (χ4v) is 5.09. The van der Waals surface area contributed by atoms with Crippen LogP contribution in [0.3, 0.4) is 0 Å². The summed E-state index contributed by atoms with van der Waals surface area (Å²) in [5, 5.41) is 41.7. The SMILES string of the molecule is CC1(C)CC2C3(CO)C=CC(O)C3(C)CC(O)C21O. The van der Waals surface area contributed by atoms with Crippen molar-refractivity contribution >= 4 is 0 Å². The van der Waals surface area contributed by atoms with E-state index in [-0.39, 0.29) is 17.9 Å². The van der Waals surface area contributed by atoms with Crippen molar-refractivity contribution in [3.8, 4) is 0 Å². The first kappa shape index (κ1) is 13.6. The highest BCUT2D eigenvalue weighted by molar-refractivity contribution is 5.34. The van der Waals surface area contributed by atoms with Crippen LogP contribution in [0, 0.1) is 22.2 Å². The quantitative estimate of drug-likeness (QED) is 0.520. The van der Waals surface area contributed by atoms with E-state index in [4.69, 9.17) is 0 Å². The van der Waals surface area contributed by atoms with Crippen LogP contribution in [-0.4, -0.2) is 44.8 Å². The molecule has 0 bridgehead atoms. The predicted molar refractivity (Wildman–Crippen MR) is 70.2 cm³/mol. The van der Waals surface area contributed by atoms with Gasteiger partial charge in [0.2, 0.25) is 0 Å². The standard InChI is InChI=1S/C15H24O4/c1-12(2)6-9-14(8-16)5-4-10(17)13(14,3)7-11(18)15(9,12)19/h4-5,9-11,16-19H,6-8H2,1-3H3. The fourth-order valence-electron chi connectivity index (χ4n) is 5.09. The minimum Gasteiger partial charge on any atom is -0.395 e. The van der Waals surface area contributed by atoms with Crippen molar-refractivity contribution in [2.45, 2.75) is 51.4 Å². The van der Waals surface area contributed by atoms with Crippen LogP contribution in [0.15, 0.2) is 12.2 Å². The van der Waals surface area contributed by atoms with Crippen LogP contribution >= 0.6 is 0 Å². The normalized spacial score (nSPS) is 58.4. The van der Waals surface area contributed by atoms with Crippen molar-refractivity contribution in [1.29, 1.82) is 0 Å². The lowest BCUT2D eigenvalue weighted by Gasteiger charge is -2.71. The Kier molecular flexibility index (Phi) is 2.44. The minimum absolute atomic E-state index is 0.104. The van der Waals surface area contributed by atoms with Gasteiger partial charge in [-0.2, -0.15) is 0 Å². The average molecular weight is 268 g/mol. The van der Waals surface area contributed by atoms with Gasteiger partial charge in [0.05, 0.1) is 24.4 Å². The summed E-state index contributed by atoms with van der Waals surface area (Å²) < 4.78 is 0. The lowest BCUT2D eigenvalue weighted by atomic mass is 9.35. The molecule has 0 aliphatic heterocycles. The van der Waals surface area contributed by atoms with Gasteiger partial charge in [0.1, 0.15) is 0 Å². The zero-order valence-corrected chi connectivity index (χ0v) is 11.8. The maximum Gasteiger partial charge on any atom is 0.0993 e. The molecule has 6 unspecified atom stereocenters. The Morgan fingerprint density at radius 2 is 1.79 bits per heavy atom. The van der Waals surface area contributed by atoms with Crippen molar-refractivity contribution < 1.29 is 20.4 Å². The summed E-state index contributed by atoms with van der Waals surface area (Å²) in [4.78, 5) is 0. The highest BCUT2D eigenvalue weighted by Gasteiger charge is 2.76. The second-order valence-corrected chi connectivity index (χ2v) is 7.61. The molecule has 0 radical (unpaired) electrons. The molecule has 3 aliphatic carbocycles. The highest BCUT2D eigenvalue weighted by atomic mass is 16.3. The minimum atomic E-state index is -1.18. The van der Waals surface area contributed by atoms with E-state index in [1.165, 1.54) is 0 Å². The Bertz CT molecular complexity index is 445. The fraction of sp³-hybridized carbons (Fsp3) is 0.867. The molecule has 0 aromatic carbocycles. The zero-order valence-electron chi connectivity index (χ0n) is 11.8. The van der Waals surface area contributed by atoms with E-state index >= 15 is 0 Å². The summed E-state index contributed by atoms with van der Waals surface area (Å²) in [5.74, 6) is -0.206. The van der Waals surface area contributed by atoms with Crippen LogP contribution in [-0.2, 0) is 0 Å². The summed E-state index contributed by atoms with van der Waals surface area (Å²) >= 11 is 0. The number of hydrogen-bond donors (Lipinski definition) is 4. The highest BCUT2D eigenvalue weighted by Crippen LogP contribution is 2.72. The Morgan fingerprint density at radius 3 is 2.32 bits per heavy atom. The molecule has 2 fully saturated rings. The molecule has 4 heteroatoms. The third-order valence-electron chi connectivity index (χ3n) is 6.63. The van der Waals surface area contributed by atoms with Crippen LogP contribution in [0.5, 0.6) is 0 Å². The Labute approximate surface area is 113 Å². The van der Waals surface area contributed by atoms with Crippen molar-refractivity contribution in [2.24, 2.45) is 22.2 Å². The molecular weight excluding hydrogens is 244 g/mol. The third kappa shape index (κ3) is 1.16. The molecule has 4 N–H and O–H groups in total. The second kappa shape index (κ2) is 3.42. The first-order chi connectivity index (χ1) is 8.66. The van der Waals surface area contributed by atoms with Crippen LogP contribution in [0.25, 0.3) is 0 Å². The van der Waals surface area contributed by atoms with Gasteiger partial charge < -0.3 is 20.4 Å². The van der Waals surface area contributed by atoms with Gasteiger partial charge in [-0.1, -0.05) is 32.9 Å². The first-order valence-electron chi connectivity index (χ1n) is 7.04. The molecule has 0 spiro atoms. The van der Waals surface area contributed by atoms with Gasteiger partial charge in [-0.3, -0.25) is 0 Å². The predicted octanol–water partition coefficient (Wildman–Crippen LogP) is 0.444. The maximum atomic E-state index is 11.0. The van der Waals surface area contributed by atoms with Gasteiger partial charge in [0.25, 0.3) is 0 Å². The Hall–Kier alpha value is -0.420. The second-order valence-electron chi connectivity index (χ2n) is 7.61. The number of fused-ring (bicyclic) bond motifs is 3. The first-order valence-corrected chi connectivity index (χ1v) is 7.04. The smallest absolute Gasteiger partial charge is 0.0993 e. The van der Waals surface area contributed by atoms with Crippen molar-refractivity contribution in [3.05, 3.63) is 12.2 Å². The van der Waals surface area contributed by atoms with Gasteiger partial charge >= 0.3 is 0 Å². The molecule has 0 aromatic rings. The van der Waals surface area contributed by atoms with Gasteiger partial charge in [0.15, 0.2) is 0 Å². The van der Waals surface area contributed by atoms with E-state index in [0.717, 1.165) is 6.42 Å². The number of hydrogen-bond acceptors (Lipinski definition) is 4. The maximum absolute atomic E-state index is 11.0. The van der Waals surface area contributed by atoms with Gasteiger partial charge in [-0.15, -0.1) is 0 Å².